The van der Waals surface area contributed by atoms with E-state index >= 15 is 0 Å². The molecule has 0 aromatic heterocycles. The molecule has 0 unspecified atom stereocenters. The summed E-state index contributed by atoms with van der Waals surface area (Å²) in [4.78, 5) is 11.5. The minimum atomic E-state index is 0.190. The van der Waals surface area contributed by atoms with Gasteiger partial charge < -0.3 is 19.8 Å². The number of rotatable bonds is 8. The molecular formula is C21H26Cl2N4O2. The second kappa shape index (κ2) is 10.9. The molecule has 2 rings (SSSR count). The number of halogens is 2. The number of oxime groups is 1. The van der Waals surface area contributed by atoms with E-state index in [-0.39, 0.29) is 6.61 Å². The average molecular weight is 437 g/mol. The van der Waals surface area contributed by atoms with Gasteiger partial charge in [0.05, 0.1) is 22.1 Å². The Bertz CT molecular complexity index is 900. The van der Waals surface area contributed by atoms with E-state index in [0.29, 0.717) is 15.9 Å². The van der Waals surface area contributed by atoms with Crippen LogP contribution in [0.2, 0.25) is 10.0 Å². The summed E-state index contributed by atoms with van der Waals surface area (Å²) in [5.74, 6) is 1.25. The number of hydrogen-bond donors (Lipinski definition) is 1. The van der Waals surface area contributed by atoms with Crippen molar-refractivity contribution in [3.05, 3.63) is 51.5 Å². The van der Waals surface area contributed by atoms with Crippen LogP contribution < -0.4 is 10.1 Å². The van der Waals surface area contributed by atoms with Crippen LogP contribution in [0.1, 0.15) is 18.1 Å². The SMILES string of the molecule is CCN(C)/C=N/c1cc(C)c(OC/C(=N\OC)Nc2ccc(Cl)c(Cl)c2)cc1C. The van der Waals surface area contributed by atoms with Gasteiger partial charge in [-0.15, -0.1) is 0 Å². The Labute approximate surface area is 182 Å². The zero-order valence-electron chi connectivity index (χ0n) is 17.3. The molecule has 0 amide bonds. The molecular weight excluding hydrogens is 411 g/mol. The van der Waals surface area contributed by atoms with E-state index in [4.69, 9.17) is 32.8 Å². The molecule has 2 aromatic rings. The summed E-state index contributed by atoms with van der Waals surface area (Å²) in [5.41, 5.74) is 3.65. The van der Waals surface area contributed by atoms with Crippen LogP contribution in [0.5, 0.6) is 5.75 Å². The largest absolute Gasteiger partial charge is 0.485 e. The first-order valence-corrected chi connectivity index (χ1v) is 9.90. The monoisotopic (exact) mass is 436 g/mol. The van der Waals surface area contributed by atoms with Crippen molar-refractivity contribution in [2.45, 2.75) is 20.8 Å². The summed E-state index contributed by atoms with van der Waals surface area (Å²) >= 11 is 12.0. The van der Waals surface area contributed by atoms with E-state index in [1.54, 1.807) is 18.2 Å². The molecule has 0 atom stereocenters. The second-order valence-electron chi connectivity index (χ2n) is 6.49. The molecule has 156 valence electrons. The molecule has 0 bridgehead atoms. The summed E-state index contributed by atoms with van der Waals surface area (Å²) in [7, 11) is 3.47. The van der Waals surface area contributed by atoms with E-state index < -0.39 is 0 Å². The lowest BCUT2D eigenvalue weighted by Gasteiger charge is -2.14. The summed E-state index contributed by atoms with van der Waals surface area (Å²) in [6, 6.07) is 9.20. The molecule has 0 heterocycles. The Kier molecular flexibility index (Phi) is 8.61. The molecule has 0 saturated heterocycles. The van der Waals surface area contributed by atoms with Crippen molar-refractivity contribution in [1.29, 1.82) is 0 Å². The highest BCUT2D eigenvalue weighted by Gasteiger charge is 2.09. The normalized spacial score (nSPS) is 11.6. The maximum Gasteiger partial charge on any atom is 0.184 e. The van der Waals surface area contributed by atoms with Crippen LogP contribution in [0.4, 0.5) is 11.4 Å². The van der Waals surface area contributed by atoms with Gasteiger partial charge in [-0.05, 0) is 62.2 Å². The fourth-order valence-electron chi connectivity index (χ4n) is 2.39. The quantitative estimate of drug-likeness (QED) is 0.328. The second-order valence-corrected chi connectivity index (χ2v) is 7.30. The number of amidine groups is 1. The molecule has 0 saturated carbocycles. The van der Waals surface area contributed by atoms with E-state index in [0.717, 1.165) is 34.8 Å². The molecule has 6 nitrogen and oxygen atoms in total. The standard InChI is InChI=1S/C21H26Cl2N4O2/c1-6-27(4)13-24-19-9-15(3)20(10-14(19)2)29-12-21(26-28-5)25-16-7-8-17(22)18(23)11-16/h7-11,13H,6,12H2,1-5H3,(H,25,26)/b24-13+. The van der Waals surface area contributed by atoms with Gasteiger partial charge >= 0.3 is 0 Å². The molecule has 8 heteroatoms. The molecule has 2 aromatic carbocycles. The molecule has 29 heavy (non-hydrogen) atoms. The zero-order valence-corrected chi connectivity index (χ0v) is 18.8. The van der Waals surface area contributed by atoms with E-state index in [9.17, 15) is 0 Å². The number of ether oxygens (including phenoxy) is 1. The fraction of sp³-hybridized carbons (Fsp3) is 0.333. The van der Waals surface area contributed by atoms with Gasteiger partial charge in [0.25, 0.3) is 0 Å². The zero-order chi connectivity index (χ0) is 21.4. The van der Waals surface area contributed by atoms with E-state index in [1.807, 2.05) is 44.3 Å². The topological polar surface area (TPSA) is 58.5 Å². The minimum absolute atomic E-state index is 0.190. The third-order valence-electron chi connectivity index (χ3n) is 4.16. The first kappa shape index (κ1) is 22.8. The van der Waals surface area contributed by atoms with Crippen LogP contribution in [0.3, 0.4) is 0 Å². The molecule has 0 aliphatic heterocycles. The predicted octanol–water partition coefficient (Wildman–Crippen LogP) is 5.67. The first-order chi connectivity index (χ1) is 13.8. The number of aryl methyl sites for hydroxylation is 2. The average Bonchev–Trinajstić information content (AvgIpc) is 2.69. The Morgan fingerprint density at radius 2 is 1.90 bits per heavy atom. The third-order valence-corrected chi connectivity index (χ3v) is 4.90. The Morgan fingerprint density at radius 1 is 1.14 bits per heavy atom. The van der Waals surface area contributed by atoms with Crippen molar-refractivity contribution in [3.63, 3.8) is 0 Å². The predicted molar refractivity (Wildman–Crippen MR) is 122 cm³/mol. The molecule has 1 N–H and O–H groups in total. The highest BCUT2D eigenvalue weighted by molar-refractivity contribution is 6.42. The maximum atomic E-state index is 6.07. The van der Waals surface area contributed by atoms with Gasteiger partial charge in [0.2, 0.25) is 0 Å². The minimum Gasteiger partial charge on any atom is -0.485 e. The van der Waals surface area contributed by atoms with Gasteiger partial charge in [-0.3, -0.25) is 0 Å². The van der Waals surface area contributed by atoms with Crippen LogP contribution in [0, 0.1) is 13.8 Å². The third kappa shape index (κ3) is 6.84. The van der Waals surface area contributed by atoms with Crippen LogP contribution in [0.25, 0.3) is 0 Å². The van der Waals surface area contributed by atoms with Crippen LogP contribution >= 0.6 is 23.2 Å². The molecule has 0 radical (unpaired) electrons. The number of aliphatic imine (C=N–C) groups is 1. The van der Waals surface area contributed by atoms with E-state index in [1.165, 1.54) is 7.11 Å². The lowest BCUT2D eigenvalue weighted by atomic mass is 10.1. The molecule has 0 spiro atoms. The number of nitrogens with one attached hydrogen (secondary N) is 1. The van der Waals surface area contributed by atoms with Crippen molar-refractivity contribution in [2.24, 2.45) is 10.1 Å². The summed E-state index contributed by atoms with van der Waals surface area (Å²) in [5, 5.41) is 8.05. The molecule has 0 fully saturated rings. The van der Waals surface area contributed by atoms with Gasteiger partial charge in [-0.1, -0.05) is 28.4 Å². The lowest BCUT2D eigenvalue weighted by Crippen LogP contribution is -2.21. The number of hydrogen-bond acceptors (Lipinski definition) is 4. The van der Waals surface area contributed by atoms with Gasteiger partial charge in [0, 0.05) is 19.3 Å². The maximum absolute atomic E-state index is 6.07. The summed E-state index contributed by atoms with van der Waals surface area (Å²) in [6.45, 7) is 7.15. The highest BCUT2D eigenvalue weighted by atomic mass is 35.5. The Morgan fingerprint density at radius 3 is 2.55 bits per heavy atom. The van der Waals surface area contributed by atoms with Gasteiger partial charge in [-0.25, -0.2) is 4.99 Å². The Balaban J connectivity index is 2.11. The van der Waals surface area contributed by atoms with Crippen LogP contribution in [-0.2, 0) is 4.84 Å². The molecule has 0 aliphatic carbocycles. The van der Waals surface area contributed by atoms with Gasteiger partial charge in [0.1, 0.15) is 19.5 Å². The smallest absolute Gasteiger partial charge is 0.184 e. The van der Waals surface area contributed by atoms with Crippen LogP contribution in [0.15, 0.2) is 40.5 Å². The number of benzene rings is 2. The summed E-state index contributed by atoms with van der Waals surface area (Å²) in [6.07, 6.45) is 1.83. The van der Waals surface area contributed by atoms with E-state index in [2.05, 4.69) is 22.4 Å². The lowest BCUT2D eigenvalue weighted by molar-refractivity contribution is 0.210. The fourth-order valence-corrected chi connectivity index (χ4v) is 2.69. The Hall–Kier alpha value is -2.44. The van der Waals surface area contributed by atoms with Crippen molar-refractivity contribution in [2.75, 3.05) is 32.6 Å². The van der Waals surface area contributed by atoms with Crippen LogP contribution in [-0.4, -0.2) is 44.4 Å². The number of anilines is 1. The van der Waals surface area contributed by atoms with Crippen molar-refractivity contribution < 1.29 is 9.57 Å². The van der Waals surface area contributed by atoms with Crippen molar-refractivity contribution >= 4 is 46.8 Å². The number of nitrogens with zero attached hydrogens (tertiary/aromatic N) is 3. The van der Waals surface area contributed by atoms with Gasteiger partial charge in [0.15, 0.2) is 5.84 Å². The van der Waals surface area contributed by atoms with Crippen molar-refractivity contribution in [3.8, 4) is 5.75 Å². The molecule has 0 aliphatic rings. The van der Waals surface area contributed by atoms with Gasteiger partial charge in [-0.2, -0.15) is 0 Å². The first-order valence-electron chi connectivity index (χ1n) is 9.14. The highest BCUT2D eigenvalue weighted by Crippen LogP contribution is 2.28. The van der Waals surface area contributed by atoms with Crippen molar-refractivity contribution in [1.82, 2.24) is 4.90 Å². The summed E-state index contributed by atoms with van der Waals surface area (Å²) < 4.78 is 5.97.